The number of benzene rings is 1. The van der Waals surface area contributed by atoms with Crippen LogP contribution < -0.4 is 14.4 Å². The van der Waals surface area contributed by atoms with Crippen LogP contribution in [-0.4, -0.2) is 30.0 Å². The van der Waals surface area contributed by atoms with Gasteiger partial charge in [0.05, 0.1) is 24.5 Å². The molecule has 6 nitrogen and oxygen atoms in total. The number of methoxy groups -OCH3 is 1. The van der Waals surface area contributed by atoms with E-state index in [-0.39, 0.29) is 17.7 Å². The van der Waals surface area contributed by atoms with Gasteiger partial charge in [0.1, 0.15) is 5.69 Å². The van der Waals surface area contributed by atoms with Crippen LogP contribution in [0.15, 0.2) is 36.5 Å². The molecule has 2 aromatic rings. The Hall–Kier alpha value is -2.89. The van der Waals surface area contributed by atoms with E-state index in [1.54, 1.807) is 37.4 Å². The third-order valence-electron chi connectivity index (χ3n) is 4.65. The highest BCUT2D eigenvalue weighted by atomic mass is 16.5. The highest BCUT2D eigenvalue weighted by molar-refractivity contribution is 6.33. The summed E-state index contributed by atoms with van der Waals surface area (Å²) in [6.45, 7) is 0. The molecule has 4 rings (SSSR count). The molecule has 0 N–H and O–H groups in total. The summed E-state index contributed by atoms with van der Waals surface area (Å²) in [6, 6.07) is 8.36. The number of imide groups is 1. The minimum Gasteiger partial charge on any atom is -0.493 e. The summed E-state index contributed by atoms with van der Waals surface area (Å²) in [7, 11) is 1.57. The fourth-order valence-corrected chi connectivity index (χ4v) is 3.38. The summed E-state index contributed by atoms with van der Waals surface area (Å²) in [4.78, 5) is 30.4. The maximum Gasteiger partial charge on any atom is 0.284 e. The van der Waals surface area contributed by atoms with Crippen molar-refractivity contribution in [2.24, 2.45) is 0 Å². The molecular formula is C19H18N2O4. The minimum absolute atomic E-state index is 0.146. The number of carbonyl (C=O) groups excluding carboxylic acids is 2. The van der Waals surface area contributed by atoms with E-state index in [4.69, 9.17) is 9.47 Å². The maximum absolute atomic E-state index is 12.6. The molecule has 1 aromatic heterocycles. The van der Waals surface area contributed by atoms with Gasteiger partial charge in [0.2, 0.25) is 0 Å². The van der Waals surface area contributed by atoms with Gasteiger partial charge in [0.15, 0.2) is 11.5 Å². The van der Waals surface area contributed by atoms with Crippen LogP contribution in [0, 0.1) is 0 Å². The maximum atomic E-state index is 12.6. The van der Waals surface area contributed by atoms with Crippen LogP contribution in [0.2, 0.25) is 0 Å². The van der Waals surface area contributed by atoms with E-state index in [0.717, 1.165) is 30.6 Å². The number of carbonyl (C=O) groups is 2. The van der Waals surface area contributed by atoms with Crippen LogP contribution in [0.3, 0.4) is 0 Å². The number of rotatable bonds is 4. The predicted octanol–water partition coefficient (Wildman–Crippen LogP) is 3.21. The number of amides is 2. The van der Waals surface area contributed by atoms with Crippen molar-refractivity contribution in [2.75, 3.05) is 12.0 Å². The van der Waals surface area contributed by atoms with Gasteiger partial charge in [-0.1, -0.05) is 0 Å². The molecule has 1 saturated carbocycles. The zero-order valence-corrected chi connectivity index (χ0v) is 13.9. The van der Waals surface area contributed by atoms with Crippen LogP contribution in [0.4, 0.5) is 5.69 Å². The fourth-order valence-electron chi connectivity index (χ4n) is 3.38. The van der Waals surface area contributed by atoms with Gasteiger partial charge in [0, 0.05) is 12.3 Å². The number of hydrogen-bond acceptors (Lipinski definition) is 5. The smallest absolute Gasteiger partial charge is 0.284 e. The van der Waals surface area contributed by atoms with Crippen molar-refractivity contribution in [3.05, 3.63) is 47.8 Å². The van der Waals surface area contributed by atoms with E-state index in [1.807, 2.05) is 0 Å². The van der Waals surface area contributed by atoms with E-state index < -0.39 is 5.91 Å². The molecule has 2 amide bonds. The number of ether oxygens (including phenoxy) is 2. The second kappa shape index (κ2) is 6.20. The normalized spacial score (nSPS) is 17.1. The summed E-state index contributed by atoms with van der Waals surface area (Å²) < 4.78 is 11.4. The Kier molecular flexibility index (Phi) is 3.87. The number of pyridine rings is 1. The van der Waals surface area contributed by atoms with E-state index in [2.05, 4.69) is 4.98 Å². The zero-order valence-electron chi connectivity index (χ0n) is 13.9. The fraction of sp³-hybridized carbons (Fsp3) is 0.316. The van der Waals surface area contributed by atoms with Gasteiger partial charge in [0.25, 0.3) is 11.8 Å². The predicted molar refractivity (Wildman–Crippen MR) is 91.3 cm³/mol. The first kappa shape index (κ1) is 15.6. The third kappa shape index (κ3) is 2.63. The van der Waals surface area contributed by atoms with Crippen LogP contribution in [0.1, 0.15) is 46.5 Å². The Labute approximate surface area is 145 Å². The molecule has 1 aromatic carbocycles. The average molecular weight is 338 g/mol. The van der Waals surface area contributed by atoms with Gasteiger partial charge in [-0.2, -0.15) is 0 Å². The molecule has 1 aliphatic carbocycles. The van der Waals surface area contributed by atoms with Crippen molar-refractivity contribution in [2.45, 2.75) is 31.8 Å². The lowest BCUT2D eigenvalue weighted by Gasteiger charge is -2.19. The molecular weight excluding hydrogens is 320 g/mol. The average Bonchev–Trinajstić information content (AvgIpc) is 3.23. The molecule has 128 valence electrons. The van der Waals surface area contributed by atoms with Gasteiger partial charge in [-0.05, 0) is 49.9 Å². The molecule has 0 atom stereocenters. The van der Waals surface area contributed by atoms with Crippen molar-refractivity contribution in [1.82, 2.24) is 4.98 Å². The summed E-state index contributed by atoms with van der Waals surface area (Å²) >= 11 is 0. The first-order valence-corrected chi connectivity index (χ1v) is 8.37. The Morgan fingerprint density at radius 1 is 1.08 bits per heavy atom. The SMILES string of the molecule is COc1ccc(N2C(=O)c3cccnc3C2=O)cc1OC1CCCC1. The molecule has 2 aliphatic rings. The van der Waals surface area contributed by atoms with Crippen molar-refractivity contribution >= 4 is 17.5 Å². The Morgan fingerprint density at radius 3 is 2.60 bits per heavy atom. The molecule has 0 spiro atoms. The monoisotopic (exact) mass is 338 g/mol. The molecule has 2 heterocycles. The van der Waals surface area contributed by atoms with Gasteiger partial charge in [-0.25, -0.2) is 4.90 Å². The molecule has 25 heavy (non-hydrogen) atoms. The Morgan fingerprint density at radius 2 is 1.88 bits per heavy atom. The van der Waals surface area contributed by atoms with Crippen molar-refractivity contribution < 1.29 is 19.1 Å². The zero-order chi connectivity index (χ0) is 17.4. The van der Waals surface area contributed by atoms with Crippen LogP contribution in [-0.2, 0) is 0 Å². The van der Waals surface area contributed by atoms with Crippen LogP contribution >= 0.6 is 0 Å². The summed E-state index contributed by atoms with van der Waals surface area (Å²) in [5, 5.41) is 0. The largest absolute Gasteiger partial charge is 0.493 e. The Balaban J connectivity index is 1.69. The molecule has 1 fully saturated rings. The second-order valence-corrected chi connectivity index (χ2v) is 6.20. The highest BCUT2D eigenvalue weighted by Gasteiger charge is 2.38. The Bertz CT molecular complexity index is 808. The lowest BCUT2D eigenvalue weighted by molar-refractivity contribution is 0.0924. The molecule has 6 heteroatoms. The lowest BCUT2D eigenvalue weighted by atomic mass is 10.2. The number of nitrogens with zero attached hydrogens (tertiary/aromatic N) is 2. The molecule has 0 unspecified atom stereocenters. The first-order valence-electron chi connectivity index (χ1n) is 8.37. The van der Waals surface area contributed by atoms with Crippen LogP contribution in [0.25, 0.3) is 0 Å². The van der Waals surface area contributed by atoms with Gasteiger partial charge < -0.3 is 9.47 Å². The molecule has 1 aliphatic heterocycles. The van der Waals surface area contributed by atoms with Crippen molar-refractivity contribution in [3.63, 3.8) is 0 Å². The topological polar surface area (TPSA) is 68.7 Å². The van der Waals surface area contributed by atoms with E-state index in [1.165, 1.54) is 6.20 Å². The third-order valence-corrected chi connectivity index (χ3v) is 4.65. The van der Waals surface area contributed by atoms with Crippen LogP contribution in [0.5, 0.6) is 11.5 Å². The highest BCUT2D eigenvalue weighted by Crippen LogP contribution is 2.37. The minimum atomic E-state index is -0.419. The standard InChI is InChI=1S/C19H18N2O4/c1-24-15-9-8-12(11-16(15)25-13-5-2-3-6-13)21-18(22)14-7-4-10-20-17(14)19(21)23/h4,7-11,13H,2-3,5-6H2,1H3. The second-order valence-electron chi connectivity index (χ2n) is 6.20. The van der Waals surface area contributed by atoms with E-state index in [0.29, 0.717) is 22.7 Å². The lowest BCUT2D eigenvalue weighted by Crippen LogP contribution is -2.29. The molecule has 0 bridgehead atoms. The molecule has 0 radical (unpaired) electrons. The number of anilines is 1. The van der Waals surface area contributed by atoms with Gasteiger partial charge in [-0.3, -0.25) is 14.6 Å². The number of hydrogen-bond donors (Lipinski definition) is 0. The summed E-state index contributed by atoms with van der Waals surface area (Å²) in [6.07, 6.45) is 5.96. The van der Waals surface area contributed by atoms with Crippen molar-refractivity contribution in [1.29, 1.82) is 0 Å². The summed E-state index contributed by atoms with van der Waals surface area (Å²) in [5.41, 5.74) is 0.963. The van der Waals surface area contributed by atoms with E-state index >= 15 is 0 Å². The van der Waals surface area contributed by atoms with E-state index in [9.17, 15) is 9.59 Å². The quantitative estimate of drug-likeness (QED) is 0.801. The molecule has 0 saturated heterocycles. The van der Waals surface area contributed by atoms with Crippen molar-refractivity contribution in [3.8, 4) is 11.5 Å². The van der Waals surface area contributed by atoms with Gasteiger partial charge in [-0.15, -0.1) is 0 Å². The number of aromatic nitrogens is 1. The summed E-state index contributed by atoms with van der Waals surface area (Å²) in [5.74, 6) is 0.351. The number of fused-ring (bicyclic) bond motifs is 1. The van der Waals surface area contributed by atoms with Gasteiger partial charge >= 0.3 is 0 Å². The first-order chi connectivity index (χ1) is 12.2.